The minimum Gasteiger partial charge on any atom is -0.238 e. The summed E-state index contributed by atoms with van der Waals surface area (Å²) in [5.74, 6) is 0.871. The molecule has 2 nitrogen and oxygen atoms in total. The number of aromatic nitrogens is 1. The lowest BCUT2D eigenvalue weighted by Gasteiger charge is -2.02. The molecule has 1 aromatic rings. The molecule has 0 bridgehead atoms. The lowest BCUT2D eigenvalue weighted by molar-refractivity contribution is 0.682. The Morgan fingerprint density at radius 2 is 2.12 bits per heavy atom. The Hall–Kier alpha value is -1.18. The zero-order valence-corrected chi connectivity index (χ0v) is 10.7. The number of hydrogen-bond donors (Lipinski definition) is 0. The van der Waals surface area contributed by atoms with Crippen molar-refractivity contribution in [2.24, 2.45) is 4.99 Å². The second-order valence-corrected chi connectivity index (χ2v) is 4.30. The molecule has 88 valence electrons. The van der Waals surface area contributed by atoms with Crippen molar-refractivity contribution in [3.05, 3.63) is 23.9 Å². The number of aliphatic imine (C=N–C) groups is 1. The van der Waals surface area contributed by atoms with Crippen LogP contribution in [0.3, 0.4) is 0 Å². The maximum atomic E-state index is 4.56. The van der Waals surface area contributed by atoms with Gasteiger partial charge < -0.3 is 0 Å². The van der Waals surface area contributed by atoms with E-state index in [9.17, 15) is 0 Å². The van der Waals surface area contributed by atoms with Gasteiger partial charge >= 0.3 is 0 Å². The molecule has 0 fully saturated rings. The fourth-order valence-corrected chi connectivity index (χ4v) is 1.64. The van der Waals surface area contributed by atoms with Gasteiger partial charge in [-0.1, -0.05) is 32.3 Å². The summed E-state index contributed by atoms with van der Waals surface area (Å²) in [6, 6.07) is 4.00. The second-order valence-electron chi connectivity index (χ2n) is 4.30. The largest absolute Gasteiger partial charge is 0.238 e. The second kappa shape index (κ2) is 7.15. The van der Waals surface area contributed by atoms with Crippen LogP contribution in [0.1, 0.15) is 51.5 Å². The van der Waals surface area contributed by atoms with E-state index in [-0.39, 0.29) is 0 Å². The van der Waals surface area contributed by atoms with Crippen molar-refractivity contribution in [3.63, 3.8) is 0 Å². The summed E-state index contributed by atoms with van der Waals surface area (Å²) in [5.41, 5.74) is 2.34. The van der Waals surface area contributed by atoms with Crippen LogP contribution < -0.4 is 0 Å². The Bertz CT molecular complexity index is 342. The van der Waals surface area contributed by atoms with Gasteiger partial charge in [-0.05, 0) is 38.3 Å². The van der Waals surface area contributed by atoms with Crippen LogP contribution in [0.2, 0.25) is 0 Å². The van der Waals surface area contributed by atoms with Crippen molar-refractivity contribution >= 4 is 11.5 Å². The van der Waals surface area contributed by atoms with Gasteiger partial charge in [-0.15, -0.1) is 0 Å². The van der Waals surface area contributed by atoms with Crippen LogP contribution in [0.4, 0.5) is 5.82 Å². The highest BCUT2D eigenvalue weighted by Crippen LogP contribution is 2.15. The van der Waals surface area contributed by atoms with Crippen LogP contribution >= 0.6 is 0 Å². The number of rotatable bonds is 6. The molecule has 16 heavy (non-hydrogen) atoms. The van der Waals surface area contributed by atoms with Gasteiger partial charge in [0, 0.05) is 11.9 Å². The van der Waals surface area contributed by atoms with Crippen molar-refractivity contribution in [2.45, 2.75) is 52.9 Å². The van der Waals surface area contributed by atoms with E-state index in [1.54, 1.807) is 6.20 Å². The fourth-order valence-electron chi connectivity index (χ4n) is 1.64. The Morgan fingerprint density at radius 1 is 1.31 bits per heavy atom. The summed E-state index contributed by atoms with van der Waals surface area (Å²) < 4.78 is 0. The smallest absolute Gasteiger partial charge is 0.154 e. The van der Waals surface area contributed by atoms with Crippen molar-refractivity contribution in [3.8, 4) is 0 Å². The van der Waals surface area contributed by atoms with Gasteiger partial charge in [0.15, 0.2) is 5.82 Å². The summed E-state index contributed by atoms with van der Waals surface area (Å²) in [5, 5.41) is 0. The number of pyridine rings is 1. The molecule has 0 aliphatic rings. The molecule has 0 atom stereocenters. The zero-order chi connectivity index (χ0) is 11.8. The SMILES string of the molecule is CCCCCC/C(C)=N\c1ncccc1C. The molecule has 0 unspecified atom stereocenters. The van der Waals surface area contributed by atoms with Gasteiger partial charge in [-0.2, -0.15) is 0 Å². The lowest BCUT2D eigenvalue weighted by atomic mass is 10.1. The predicted molar refractivity (Wildman–Crippen MR) is 70.5 cm³/mol. The average molecular weight is 218 g/mol. The van der Waals surface area contributed by atoms with E-state index in [1.807, 2.05) is 6.07 Å². The molecular formula is C14H22N2. The molecule has 0 radical (unpaired) electrons. The van der Waals surface area contributed by atoms with E-state index in [4.69, 9.17) is 0 Å². The molecular weight excluding hydrogens is 196 g/mol. The van der Waals surface area contributed by atoms with Crippen molar-refractivity contribution in [1.29, 1.82) is 0 Å². The third kappa shape index (κ3) is 4.56. The monoisotopic (exact) mass is 218 g/mol. The highest BCUT2D eigenvalue weighted by molar-refractivity contribution is 5.84. The number of hydrogen-bond acceptors (Lipinski definition) is 2. The Morgan fingerprint density at radius 3 is 2.81 bits per heavy atom. The maximum Gasteiger partial charge on any atom is 0.154 e. The first-order valence-corrected chi connectivity index (χ1v) is 6.20. The number of unbranched alkanes of at least 4 members (excludes halogenated alkanes) is 3. The Kier molecular flexibility index (Phi) is 5.76. The highest BCUT2D eigenvalue weighted by Gasteiger charge is 1.97. The molecule has 0 saturated heterocycles. The molecule has 0 aliphatic heterocycles. The van der Waals surface area contributed by atoms with Crippen LogP contribution in [-0.4, -0.2) is 10.7 Å². The van der Waals surface area contributed by atoms with Crippen LogP contribution in [0.5, 0.6) is 0 Å². The topological polar surface area (TPSA) is 25.2 Å². The van der Waals surface area contributed by atoms with Gasteiger partial charge in [0.1, 0.15) is 0 Å². The molecule has 1 aromatic heterocycles. The van der Waals surface area contributed by atoms with Crippen molar-refractivity contribution in [1.82, 2.24) is 4.98 Å². The lowest BCUT2D eigenvalue weighted by Crippen LogP contribution is -1.92. The maximum absolute atomic E-state index is 4.56. The van der Waals surface area contributed by atoms with Gasteiger partial charge in [0.05, 0.1) is 0 Å². The normalized spacial score (nSPS) is 11.8. The Labute approximate surface area is 98.8 Å². The van der Waals surface area contributed by atoms with E-state index in [0.717, 1.165) is 17.8 Å². The summed E-state index contributed by atoms with van der Waals surface area (Å²) in [7, 11) is 0. The Balaban J connectivity index is 2.47. The first-order valence-electron chi connectivity index (χ1n) is 6.20. The van der Waals surface area contributed by atoms with Crippen molar-refractivity contribution in [2.75, 3.05) is 0 Å². The predicted octanol–water partition coefficient (Wildman–Crippen LogP) is 4.45. The van der Waals surface area contributed by atoms with Crippen LogP contribution in [-0.2, 0) is 0 Å². The summed E-state index contributed by atoms with van der Waals surface area (Å²) in [4.78, 5) is 8.84. The number of nitrogens with zero attached hydrogens (tertiary/aromatic N) is 2. The third-order valence-corrected chi connectivity index (χ3v) is 2.67. The molecule has 0 N–H and O–H groups in total. The molecule has 0 aliphatic carbocycles. The minimum atomic E-state index is 0.871. The highest BCUT2D eigenvalue weighted by atomic mass is 14.9. The van der Waals surface area contributed by atoms with E-state index in [2.05, 4.69) is 36.8 Å². The van der Waals surface area contributed by atoms with Crippen LogP contribution in [0.15, 0.2) is 23.3 Å². The number of aryl methyl sites for hydroxylation is 1. The molecule has 1 rings (SSSR count). The zero-order valence-electron chi connectivity index (χ0n) is 10.7. The van der Waals surface area contributed by atoms with E-state index >= 15 is 0 Å². The third-order valence-electron chi connectivity index (χ3n) is 2.67. The van der Waals surface area contributed by atoms with Crippen molar-refractivity contribution < 1.29 is 0 Å². The summed E-state index contributed by atoms with van der Waals surface area (Å²) >= 11 is 0. The standard InChI is InChI=1S/C14H22N2/c1-4-5-6-7-10-13(3)16-14-12(2)9-8-11-15-14/h8-9,11H,4-7,10H2,1-3H3/b16-13-. The minimum absolute atomic E-state index is 0.871. The van der Waals surface area contributed by atoms with Gasteiger partial charge in [-0.25, -0.2) is 9.98 Å². The van der Waals surface area contributed by atoms with Gasteiger partial charge in [-0.3, -0.25) is 0 Å². The van der Waals surface area contributed by atoms with E-state index in [1.165, 1.54) is 31.4 Å². The molecule has 0 saturated carbocycles. The molecule has 0 spiro atoms. The fraction of sp³-hybridized carbons (Fsp3) is 0.571. The van der Waals surface area contributed by atoms with Crippen LogP contribution in [0, 0.1) is 6.92 Å². The quantitative estimate of drug-likeness (QED) is 0.511. The molecule has 1 heterocycles. The molecule has 0 amide bonds. The van der Waals surface area contributed by atoms with E-state index in [0.29, 0.717) is 0 Å². The van der Waals surface area contributed by atoms with Gasteiger partial charge in [0.2, 0.25) is 0 Å². The van der Waals surface area contributed by atoms with E-state index < -0.39 is 0 Å². The summed E-state index contributed by atoms with van der Waals surface area (Å²) in [6.07, 6.45) is 8.07. The van der Waals surface area contributed by atoms with Gasteiger partial charge in [0.25, 0.3) is 0 Å². The van der Waals surface area contributed by atoms with Crippen LogP contribution in [0.25, 0.3) is 0 Å². The summed E-state index contributed by atoms with van der Waals surface area (Å²) in [6.45, 7) is 6.38. The first-order chi connectivity index (χ1) is 7.74. The first kappa shape index (κ1) is 12.9. The average Bonchev–Trinajstić information content (AvgIpc) is 2.28. The molecule has 2 heteroatoms. The molecule has 0 aromatic carbocycles.